The zero-order valence-electron chi connectivity index (χ0n) is 10.1. The van der Waals surface area contributed by atoms with Gasteiger partial charge in [-0.3, -0.25) is 4.79 Å². The van der Waals surface area contributed by atoms with Crippen molar-refractivity contribution >= 4 is 43.5 Å². The summed E-state index contributed by atoms with van der Waals surface area (Å²) in [4.78, 5) is 12.1. The molecule has 1 amide bonds. The molecule has 0 aliphatic carbocycles. The summed E-state index contributed by atoms with van der Waals surface area (Å²) < 4.78 is 6.86. The van der Waals surface area contributed by atoms with Crippen LogP contribution in [-0.2, 0) is 0 Å². The van der Waals surface area contributed by atoms with Crippen LogP contribution in [0.4, 0.5) is 5.69 Å². The third-order valence-electron chi connectivity index (χ3n) is 2.51. The molecular formula is C14H11Br2NO2. The maximum Gasteiger partial charge on any atom is 0.255 e. The van der Waals surface area contributed by atoms with Crippen molar-refractivity contribution in [3.63, 3.8) is 0 Å². The number of carbonyl (C=O) groups is 1. The lowest BCUT2D eigenvalue weighted by Gasteiger charge is -2.08. The van der Waals surface area contributed by atoms with Gasteiger partial charge in [0.1, 0.15) is 5.75 Å². The van der Waals surface area contributed by atoms with Crippen LogP contribution in [0, 0.1) is 0 Å². The molecule has 98 valence electrons. The second-order valence-electron chi connectivity index (χ2n) is 3.81. The number of anilines is 1. The number of ether oxygens (including phenoxy) is 1. The number of nitrogens with one attached hydrogen (secondary N) is 1. The van der Waals surface area contributed by atoms with Crippen LogP contribution in [0.15, 0.2) is 51.4 Å². The van der Waals surface area contributed by atoms with Crippen LogP contribution in [0.5, 0.6) is 5.75 Å². The molecule has 0 aromatic heterocycles. The van der Waals surface area contributed by atoms with Crippen molar-refractivity contribution in [3.8, 4) is 5.75 Å². The Kier molecular flexibility index (Phi) is 4.61. The maximum absolute atomic E-state index is 12.1. The van der Waals surface area contributed by atoms with Crippen molar-refractivity contribution in [2.75, 3.05) is 12.4 Å². The highest BCUT2D eigenvalue weighted by Crippen LogP contribution is 2.26. The van der Waals surface area contributed by atoms with Gasteiger partial charge >= 0.3 is 0 Å². The molecule has 5 heteroatoms. The first-order valence-electron chi connectivity index (χ1n) is 5.50. The number of hydrogen-bond acceptors (Lipinski definition) is 2. The van der Waals surface area contributed by atoms with Crippen molar-refractivity contribution in [2.24, 2.45) is 0 Å². The van der Waals surface area contributed by atoms with Gasteiger partial charge in [0, 0.05) is 14.5 Å². The summed E-state index contributed by atoms with van der Waals surface area (Å²) in [5.74, 6) is 0.476. The summed E-state index contributed by atoms with van der Waals surface area (Å²) in [6, 6.07) is 12.6. The number of rotatable bonds is 3. The van der Waals surface area contributed by atoms with Crippen molar-refractivity contribution in [3.05, 3.63) is 57.0 Å². The smallest absolute Gasteiger partial charge is 0.255 e. The molecule has 0 aliphatic rings. The number of methoxy groups -OCH3 is 1. The van der Waals surface area contributed by atoms with Gasteiger partial charge in [0.05, 0.1) is 12.8 Å². The second kappa shape index (κ2) is 6.21. The van der Waals surface area contributed by atoms with E-state index in [-0.39, 0.29) is 5.91 Å². The molecule has 0 atom stereocenters. The second-order valence-corrected chi connectivity index (χ2v) is 5.58. The van der Waals surface area contributed by atoms with Gasteiger partial charge in [-0.25, -0.2) is 0 Å². The molecule has 0 spiro atoms. The standard InChI is InChI=1S/C14H11Br2NO2/c1-19-11-4-2-3-9(7-11)14(18)17-13-6-5-10(15)8-12(13)16/h2-8H,1H3,(H,17,18). The van der Waals surface area contributed by atoms with Crippen molar-refractivity contribution in [1.82, 2.24) is 0 Å². The first-order chi connectivity index (χ1) is 9.10. The van der Waals surface area contributed by atoms with Crippen molar-refractivity contribution in [2.45, 2.75) is 0 Å². The molecule has 2 rings (SSSR count). The Morgan fingerprint density at radius 1 is 1.16 bits per heavy atom. The summed E-state index contributed by atoms with van der Waals surface area (Å²) >= 11 is 6.77. The topological polar surface area (TPSA) is 38.3 Å². The molecule has 19 heavy (non-hydrogen) atoms. The normalized spacial score (nSPS) is 10.1. The first-order valence-corrected chi connectivity index (χ1v) is 7.09. The summed E-state index contributed by atoms with van der Waals surface area (Å²) in [6.45, 7) is 0. The van der Waals surface area contributed by atoms with E-state index in [1.54, 1.807) is 31.4 Å². The molecule has 0 aliphatic heterocycles. The lowest BCUT2D eigenvalue weighted by atomic mass is 10.2. The van der Waals surface area contributed by atoms with Gasteiger partial charge in [-0.2, -0.15) is 0 Å². The van der Waals surface area contributed by atoms with E-state index in [0.29, 0.717) is 11.3 Å². The zero-order valence-corrected chi connectivity index (χ0v) is 13.3. The van der Waals surface area contributed by atoms with Crippen LogP contribution in [0.25, 0.3) is 0 Å². The summed E-state index contributed by atoms with van der Waals surface area (Å²) in [5.41, 5.74) is 1.27. The van der Waals surface area contributed by atoms with E-state index < -0.39 is 0 Å². The van der Waals surface area contributed by atoms with Crippen molar-refractivity contribution in [1.29, 1.82) is 0 Å². The van der Waals surface area contributed by atoms with Gasteiger partial charge in [-0.05, 0) is 52.3 Å². The Morgan fingerprint density at radius 2 is 1.95 bits per heavy atom. The number of benzene rings is 2. The Morgan fingerprint density at radius 3 is 2.63 bits per heavy atom. The molecule has 0 heterocycles. The van der Waals surface area contributed by atoms with E-state index in [4.69, 9.17) is 4.74 Å². The van der Waals surface area contributed by atoms with E-state index in [1.807, 2.05) is 18.2 Å². The molecule has 3 nitrogen and oxygen atoms in total. The van der Waals surface area contributed by atoms with Gasteiger partial charge in [0.15, 0.2) is 0 Å². The van der Waals surface area contributed by atoms with Crippen LogP contribution >= 0.6 is 31.9 Å². The van der Waals surface area contributed by atoms with Crippen LogP contribution in [0.1, 0.15) is 10.4 Å². The van der Waals surface area contributed by atoms with E-state index in [2.05, 4.69) is 37.2 Å². The number of halogens is 2. The summed E-state index contributed by atoms with van der Waals surface area (Å²) in [5, 5.41) is 2.84. The summed E-state index contributed by atoms with van der Waals surface area (Å²) in [7, 11) is 1.57. The largest absolute Gasteiger partial charge is 0.497 e. The Balaban J connectivity index is 2.20. The molecule has 0 saturated heterocycles. The predicted molar refractivity (Wildman–Crippen MR) is 82.8 cm³/mol. The van der Waals surface area contributed by atoms with E-state index >= 15 is 0 Å². The highest BCUT2D eigenvalue weighted by atomic mass is 79.9. The molecule has 2 aromatic rings. The average molecular weight is 385 g/mol. The van der Waals surface area contributed by atoms with Gasteiger partial charge < -0.3 is 10.1 Å². The maximum atomic E-state index is 12.1. The minimum absolute atomic E-state index is 0.179. The Labute approximate surface area is 128 Å². The lowest BCUT2D eigenvalue weighted by Crippen LogP contribution is -2.12. The van der Waals surface area contributed by atoms with Crippen LogP contribution < -0.4 is 10.1 Å². The molecule has 0 bridgehead atoms. The van der Waals surface area contributed by atoms with Crippen LogP contribution in [0.2, 0.25) is 0 Å². The zero-order chi connectivity index (χ0) is 13.8. The molecular weight excluding hydrogens is 374 g/mol. The number of hydrogen-bond donors (Lipinski definition) is 1. The fourth-order valence-corrected chi connectivity index (χ4v) is 2.70. The fraction of sp³-hybridized carbons (Fsp3) is 0.0714. The van der Waals surface area contributed by atoms with Gasteiger partial charge in [-0.1, -0.05) is 22.0 Å². The molecule has 0 radical (unpaired) electrons. The van der Waals surface area contributed by atoms with Gasteiger partial charge in [0.2, 0.25) is 0 Å². The first kappa shape index (κ1) is 14.1. The molecule has 0 saturated carbocycles. The van der Waals surface area contributed by atoms with E-state index in [0.717, 1.165) is 14.6 Å². The Hall–Kier alpha value is -1.33. The molecule has 1 N–H and O–H groups in total. The number of carbonyl (C=O) groups excluding carboxylic acids is 1. The average Bonchev–Trinajstić information content (AvgIpc) is 2.42. The fourth-order valence-electron chi connectivity index (χ4n) is 1.55. The third kappa shape index (κ3) is 3.58. The molecule has 0 fully saturated rings. The van der Waals surface area contributed by atoms with Gasteiger partial charge in [0.25, 0.3) is 5.91 Å². The third-order valence-corrected chi connectivity index (χ3v) is 3.66. The monoisotopic (exact) mass is 383 g/mol. The van der Waals surface area contributed by atoms with E-state index in [1.165, 1.54) is 0 Å². The van der Waals surface area contributed by atoms with Crippen LogP contribution in [-0.4, -0.2) is 13.0 Å². The minimum Gasteiger partial charge on any atom is -0.497 e. The summed E-state index contributed by atoms with van der Waals surface area (Å²) in [6.07, 6.45) is 0. The van der Waals surface area contributed by atoms with Crippen molar-refractivity contribution < 1.29 is 9.53 Å². The quantitative estimate of drug-likeness (QED) is 0.847. The number of amides is 1. The van der Waals surface area contributed by atoms with E-state index in [9.17, 15) is 4.79 Å². The minimum atomic E-state index is -0.179. The lowest BCUT2D eigenvalue weighted by molar-refractivity contribution is 0.102. The predicted octanol–water partition coefficient (Wildman–Crippen LogP) is 4.47. The Bertz CT molecular complexity index is 614. The highest BCUT2D eigenvalue weighted by Gasteiger charge is 2.09. The SMILES string of the molecule is COc1cccc(C(=O)Nc2ccc(Br)cc2Br)c1. The van der Waals surface area contributed by atoms with Gasteiger partial charge in [-0.15, -0.1) is 0 Å². The highest BCUT2D eigenvalue weighted by molar-refractivity contribution is 9.11. The van der Waals surface area contributed by atoms with Crippen LogP contribution in [0.3, 0.4) is 0 Å². The molecule has 0 unspecified atom stereocenters. The molecule has 2 aromatic carbocycles.